The minimum absolute atomic E-state index is 0.251. The molecule has 6 heteroatoms. The zero-order chi connectivity index (χ0) is 15.5. The van der Waals surface area contributed by atoms with E-state index in [0.29, 0.717) is 43.0 Å². The summed E-state index contributed by atoms with van der Waals surface area (Å²) in [6.07, 6.45) is 0.410. The van der Waals surface area contributed by atoms with Crippen molar-refractivity contribution in [1.82, 2.24) is 10.6 Å². The number of aldehydes is 1. The number of aliphatic hydroxyl groups excluding tert-OH is 1. The van der Waals surface area contributed by atoms with Gasteiger partial charge in [-0.3, -0.25) is 0 Å². The molecule has 0 aromatic heterocycles. The van der Waals surface area contributed by atoms with Gasteiger partial charge in [0.2, 0.25) is 0 Å². The van der Waals surface area contributed by atoms with Crippen LogP contribution in [0, 0.1) is 16.7 Å². The summed E-state index contributed by atoms with van der Waals surface area (Å²) in [5, 5.41) is 32.5. The summed E-state index contributed by atoms with van der Waals surface area (Å²) in [5.41, 5.74) is 1.60. The second-order valence-electron chi connectivity index (χ2n) is 4.60. The molecule has 1 aromatic carbocycles. The number of carbonyl (C=O) groups is 1. The van der Waals surface area contributed by atoms with Crippen molar-refractivity contribution in [2.24, 2.45) is 0 Å². The summed E-state index contributed by atoms with van der Waals surface area (Å²) in [4.78, 5) is 10.1. The van der Waals surface area contributed by atoms with Gasteiger partial charge in [0.15, 0.2) is 0 Å². The molecule has 1 aromatic rings. The van der Waals surface area contributed by atoms with Crippen molar-refractivity contribution in [1.29, 1.82) is 10.7 Å². The SMILES string of the molecule is N#Cc1ccc(C(=N)CC(O)CNCCNCC=O)cc1. The molecule has 0 amide bonds. The predicted octanol–water partition coefficient (Wildman–Crippen LogP) is 0.0553. The van der Waals surface area contributed by atoms with Crippen molar-refractivity contribution in [3.05, 3.63) is 35.4 Å². The molecule has 0 spiro atoms. The van der Waals surface area contributed by atoms with Gasteiger partial charge in [-0.15, -0.1) is 0 Å². The average molecular weight is 288 g/mol. The molecule has 0 heterocycles. The van der Waals surface area contributed by atoms with Crippen LogP contribution >= 0.6 is 0 Å². The zero-order valence-electron chi connectivity index (χ0n) is 11.8. The van der Waals surface area contributed by atoms with Crippen LogP contribution in [0.2, 0.25) is 0 Å². The van der Waals surface area contributed by atoms with E-state index in [1.54, 1.807) is 24.3 Å². The Bertz CT molecular complexity index is 493. The van der Waals surface area contributed by atoms with E-state index in [2.05, 4.69) is 10.6 Å². The maximum absolute atomic E-state index is 10.1. The lowest BCUT2D eigenvalue weighted by atomic mass is 10.0. The fourth-order valence-corrected chi connectivity index (χ4v) is 1.78. The van der Waals surface area contributed by atoms with Crippen LogP contribution in [0.5, 0.6) is 0 Å². The van der Waals surface area contributed by atoms with Gasteiger partial charge in [0.25, 0.3) is 0 Å². The molecule has 6 nitrogen and oxygen atoms in total. The Hall–Kier alpha value is -2.07. The van der Waals surface area contributed by atoms with Gasteiger partial charge in [0.05, 0.1) is 24.3 Å². The molecule has 4 N–H and O–H groups in total. The molecule has 0 saturated carbocycles. The molecule has 0 fully saturated rings. The van der Waals surface area contributed by atoms with Crippen molar-refractivity contribution in [3.8, 4) is 6.07 Å². The highest BCUT2D eigenvalue weighted by Gasteiger charge is 2.09. The zero-order valence-corrected chi connectivity index (χ0v) is 11.8. The quantitative estimate of drug-likeness (QED) is 0.276. The van der Waals surface area contributed by atoms with Crippen molar-refractivity contribution < 1.29 is 9.90 Å². The van der Waals surface area contributed by atoms with E-state index in [0.717, 1.165) is 6.29 Å². The van der Waals surface area contributed by atoms with Gasteiger partial charge in [-0.05, 0) is 17.7 Å². The third-order valence-corrected chi connectivity index (χ3v) is 2.89. The lowest BCUT2D eigenvalue weighted by molar-refractivity contribution is -0.107. The Morgan fingerprint density at radius 1 is 1.33 bits per heavy atom. The van der Waals surface area contributed by atoms with Gasteiger partial charge >= 0.3 is 0 Å². The Morgan fingerprint density at radius 3 is 2.62 bits per heavy atom. The Kier molecular flexibility index (Phi) is 7.90. The van der Waals surface area contributed by atoms with Crippen LogP contribution in [0.4, 0.5) is 0 Å². The number of carbonyl (C=O) groups excluding carboxylic acids is 1. The maximum Gasteiger partial charge on any atom is 0.133 e. The smallest absolute Gasteiger partial charge is 0.133 e. The van der Waals surface area contributed by atoms with Gasteiger partial charge in [0, 0.05) is 31.8 Å². The molecular formula is C15H20N4O2. The average Bonchev–Trinajstić information content (AvgIpc) is 2.50. The minimum Gasteiger partial charge on any atom is -0.391 e. The Balaban J connectivity index is 2.26. The van der Waals surface area contributed by atoms with Crippen LogP contribution in [0.25, 0.3) is 0 Å². The van der Waals surface area contributed by atoms with Gasteiger partial charge in [-0.2, -0.15) is 5.26 Å². The summed E-state index contributed by atoms with van der Waals surface area (Å²) >= 11 is 0. The maximum atomic E-state index is 10.1. The number of benzene rings is 1. The van der Waals surface area contributed by atoms with Crippen molar-refractivity contribution in [3.63, 3.8) is 0 Å². The Labute approximate surface area is 124 Å². The normalized spacial score (nSPS) is 11.6. The first-order valence-corrected chi connectivity index (χ1v) is 6.78. The molecule has 0 aliphatic carbocycles. The lowest BCUT2D eigenvalue weighted by Crippen LogP contribution is -2.34. The number of nitrogens with one attached hydrogen (secondary N) is 3. The van der Waals surface area contributed by atoms with E-state index in [1.807, 2.05) is 6.07 Å². The van der Waals surface area contributed by atoms with E-state index in [1.165, 1.54) is 0 Å². The van der Waals surface area contributed by atoms with Crippen molar-refractivity contribution in [2.75, 3.05) is 26.2 Å². The summed E-state index contributed by atoms with van der Waals surface area (Å²) in [6.45, 7) is 2.02. The van der Waals surface area contributed by atoms with E-state index < -0.39 is 6.10 Å². The third-order valence-electron chi connectivity index (χ3n) is 2.89. The molecule has 0 saturated heterocycles. The van der Waals surface area contributed by atoms with Crippen LogP contribution in [0.3, 0.4) is 0 Å². The number of nitriles is 1. The molecule has 1 rings (SSSR count). The monoisotopic (exact) mass is 288 g/mol. The number of hydrogen-bond acceptors (Lipinski definition) is 6. The van der Waals surface area contributed by atoms with E-state index in [-0.39, 0.29) is 6.42 Å². The lowest BCUT2D eigenvalue weighted by Gasteiger charge is -2.13. The molecule has 1 atom stereocenters. The van der Waals surface area contributed by atoms with E-state index >= 15 is 0 Å². The van der Waals surface area contributed by atoms with E-state index in [4.69, 9.17) is 10.7 Å². The highest BCUT2D eigenvalue weighted by Crippen LogP contribution is 2.07. The standard InChI is InChI=1S/C15H20N4O2/c16-10-12-1-3-13(4-2-12)15(17)9-14(21)11-19-6-5-18-7-8-20/h1-4,8,14,17-19,21H,5-7,9,11H2. The highest BCUT2D eigenvalue weighted by molar-refractivity contribution is 5.98. The second kappa shape index (κ2) is 9.77. The van der Waals surface area contributed by atoms with Crippen molar-refractivity contribution >= 4 is 12.0 Å². The largest absolute Gasteiger partial charge is 0.391 e. The first kappa shape index (κ1) is 17.0. The first-order chi connectivity index (χ1) is 10.2. The fraction of sp³-hybridized carbons (Fsp3) is 0.400. The third kappa shape index (κ3) is 6.77. The number of rotatable bonds is 10. The molecule has 1 unspecified atom stereocenters. The van der Waals surface area contributed by atoms with E-state index in [9.17, 15) is 9.90 Å². The summed E-state index contributed by atoms with van der Waals surface area (Å²) in [6, 6.07) is 8.77. The molecule has 0 aliphatic rings. The van der Waals surface area contributed by atoms with Crippen molar-refractivity contribution in [2.45, 2.75) is 12.5 Å². The number of aliphatic hydroxyl groups is 1. The minimum atomic E-state index is -0.640. The molecular weight excluding hydrogens is 268 g/mol. The molecule has 0 bridgehead atoms. The van der Waals surface area contributed by atoms with Crippen LogP contribution < -0.4 is 10.6 Å². The predicted molar refractivity (Wildman–Crippen MR) is 80.4 cm³/mol. The first-order valence-electron chi connectivity index (χ1n) is 6.78. The van der Waals surface area contributed by atoms with Gasteiger partial charge in [0.1, 0.15) is 6.29 Å². The van der Waals surface area contributed by atoms with Crippen LogP contribution in [-0.2, 0) is 4.79 Å². The molecule has 0 aliphatic heterocycles. The topological polar surface area (TPSA) is 109 Å². The van der Waals surface area contributed by atoms with Gasteiger partial charge in [-0.25, -0.2) is 0 Å². The number of nitrogens with zero attached hydrogens (tertiary/aromatic N) is 1. The number of hydrogen-bond donors (Lipinski definition) is 4. The van der Waals surface area contributed by atoms with Crippen LogP contribution in [0.1, 0.15) is 17.5 Å². The molecule has 21 heavy (non-hydrogen) atoms. The second-order valence-corrected chi connectivity index (χ2v) is 4.60. The van der Waals surface area contributed by atoms with Gasteiger partial charge in [-0.1, -0.05) is 12.1 Å². The van der Waals surface area contributed by atoms with Gasteiger partial charge < -0.3 is 25.9 Å². The summed E-state index contributed by atoms with van der Waals surface area (Å²) in [5.74, 6) is 0. The molecule has 112 valence electrons. The molecule has 0 radical (unpaired) electrons. The van der Waals surface area contributed by atoms with Crippen LogP contribution in [0.15, 0.2) is 24.3 Å². The fourth-order valence-electron chi connectivity index (χ4n) is 1.78. The van der Waals surface area contributed by atoms with Crippen LogP contribution in [-0.4, -0.2) is 49.4 Å². The highest BCUT2D eigenvalue weighted by atomic mass is 16.3. The Morgan fingerprint density at radius 2 is 2.00 bits per heavy atom. The summed E-state index contributed by atoms with van der Waals surface area (Å²) < 4.78 is 0. The summed E-state index contributed by atoms with van der Waals surface area (Å²) in [7, 11) is 0.